The average Bonchev–Trinajstić information content (AvgIpc) is 2.78. The van der Waals surface area contributed by atoms with Crippen LogP contribution in [0.3, 0.4) is 0 Å². The molecule has 0 aliphatic carbocycles. The van der Waals surface area contributed by atoms with Crippen LogP contribution in [0.2, 0.25) is 0 Å². The van der Waals surface area contributed by atoms with Gasteiger partial charge in [-0.25, -0.2) is 9.18 Å². The topological polar surface area (TPSA) is 110 Å². The zero-order valence-corrected chi connectivity index (χ0v) is 17.2. The molecule has 2 aliphatic heterocycles. The highest BCUT2D eigenvalue weighted by Crippen LogP contribution is 2.37. The molecule has 1 fully saturated rings. The van der Waals surface area contributed by atoms with Crippen LogP contribution in [0.15, 0.2) is 47.4 Å². The molecule has 2 bridgehead atoms. The molecule has 4 rings (SSSR count). The SMILES string of the molecule is COC(=O)c1cc(F)c(C)cc1NC(=O)c1ccc(N2C3=CCC(N)=C2CCC3)nn1. The van der Waals surface area contributed by atoms with Gasteiger partial charge in [0.25, 0.3) is 5.91 Å². The highest BCUT2D eigenvalue weighted by atomic mass is 19.1. The van der Waals surface area contributed by atoms with Crippen molar-refractivity contribution in [3.63, 3.8) is 0 Å². The van der Waals surface area contributed by atoms with E-state index in [0.29, 0.717) is 5.82 Å². The maximum absolute atomic E-state index is 13.9. The number of aromatic nitrogens is 2. The summed E-state index contributed by atoms with van der Waals surface area (Å²) in [5.74, 6) is -1.32. The Morgan fingerprint density at radius 1 is 1.23 bits per heavy atom. The van der Waals surface area contributed by atoms with E-state index >= 15 is 0 Å². The van der Waals surface area contributed by atoms with Crippen LogP contribution in [0.5, 0.6) is 0 Å². The number of amides is 1. The number of hydrogen-bond acceptors (Lipinski definition) is 7. The van der Waals surface area contributed by atoms with E-state index in [1.807, 2.05) is 4.90 Å². The minimum absolute atomic E-state index is 0.0552. The molecule has 0 atom stereocenters. The lowest BCUT2D eigenvalue weighted by Crippen LogP contribution is -2.32. The van der Waals surface area contributed by atoms with Crippen molar-refractivity contribution in [2.24, 2.45) is 5.73 Å². The highest BCUT2D eigenvalue weighted by Gasteiger charge is 2.28. The number of nitrogens with zero attached hydrogens (tertiary/aromatic N) is 3. The summed E-state index contributed by atoms with van der Waals surface area (Å²) in [5, 5.41) is 10.9. The van der Waals surface area contributed by atoms with Crippen LogP contribution in [0.1, 0.15) is 52.1 Å². The number of nitrogens with one attached hydrogen (secondary N) is 1. The predicted octanol–water partition coefficient (Wildman–Crippen LogP) is 3.41. The van der Waals surface area contributed by atoms with Crippen molar-refractivity contribution in [1.29, 1.82) is 0 Å². The molecular weight excluding hydrogens is 401 g/mol. The van der Waals surface area contributed by atoms with Crippen molar-refractivity contribution >= 4 is 23.4 Å². The Kier molecular flexibility index (Phi) is 5.41. The number of allylic oxidation sites excluding steroid dienone is 3. The molecule has 1 aromatic heterocycles. The van der Waals surface area contributed by atoms with E-state index in [2.05, 4.69) is 26.3 Å². The van der Waals surface area contributed by atoms with E-state index in [1.165, 1.54) is 20.1 Å². The van der Waals surface area contributed by atoms with Gasteiger partial charge in [0.05, 0.1) is 18.4 Å². The summed E-state index contributed by atoms with van der Waals surface area (Å²) in [7, 11) is 1.18. The van der Waals surface area contributed by atoms with Crippen molar-refractivity contribution in [1.82, 2.24) is 10.2 Å². The van der Waals surface area contributed by atoms with E-state index in [0.717, 1.165) is 48.8 Å². The van der Waals surface area contributed by atoms with Crippen LogP contribution >= 0.6 is 0 Å². The molecule has 160 valence electrons. The molecule has 0 radical (unpaired) electrons. The number of fused-ring (bicyclic) bond motifs is 2. The van der Waals surface area contributed by atoms with Crippen molar-refractivity contribution in [2.45, 2.75) is 32.6 Å². The van der Waals surface area contributed by atoms with Gasteiger partial charge in [0.15, 0.2) is 11.5 Å². The highest BCUT2D eigenvalue weighted by molar-refractivity contribution is 6.07. The Morgan fingerprint density at radius 2 is 2.03 bits per heavy atom. The largest absolute Gasteiger partial charge is 0.465 e. The number of nitrogens with two attached hydrogens (primary N) is 1. The fourth-order valence-corrected chi connectivity index (χ4v) is 3.78. The zero-order chi connectivity index (χ0) is 22.1. The van der Waals surface area contributed by atoms with Gasteiger partial charge in [-0.15, -0.1) is 10.2 Å². The van der Waals surface area contributed by atoms with Gasteiger partial charge in [-0.05, 0) is 56.0 Å². The second-order valence-corrected chi connectivity index (χ2v) is 7.43. The van der Waals surface area contributed by atoms with Gasteiger partial charge in [0.2, 0.25) is 0 Å². The molecule has 1 aromatic carbocycles. The maximum Gasteiger partial charge on any atom is 0.340 e. The summed E-state index contributed by atoms with van der Waals surface area (Å²) in [6, 6.07) is 5.66. The maximum atomic E-state index is 13.9. The number of anilines is 2. The van der Waals surface area contributed by atoms with Crippen LogP contribution in [0.25, 0.3) is 0 Å². The second-order valence-electron chi connectivity index (χ2n) is 7.43. The van der Waals surface area contributed by atoms with Crippen molar-refractivity contribution in [3.05, 3.63) is 70.1 Å². The van der Waals surface area contributed by atoms with Crippen molar-refractivity contribution < 1.29 is 18.7 Å². The first-order valence-corrected chi connectivity index (χ1v) is 9.89. The van der Waals surface area contributed by atoms with Gasteiger partial charge >= 0.3 is 5.97 Å². The number of halogens is 1. The molecule has 3 heterocycles. The molecule has 1 saturated heterocycles. The lowest BCUT2D eigenvalue weighted by atomic mass is 9.96. The minimum Gasteiger partial charge on any atom is -0.465 e. The molecule has 8 nitrogen and oxygen atoms in total. The first-order chi connectivity index (χ1) is 14.9. The molecule has 2 aliphatic rings. The van der Waals surface area contributed by atoms with E-state index in [1.54, 1.807) is 12.1 Å². The summed E-state index contributed by atoms with van der Waals surface area (Å²) in [4.78, 5) is 26.7. The molecule has 3 N–H and O–H groups in total. The zero-order valence-electron chi connectivity index (χ0n) is 17.2. The molecule has 0 saturated carbocycles. The quantitative estimate of drug-likeness (QED) is 0.725. The lowest BCUT2D eigenvalue weighted by molar-refractivity contribution is 0.0601. The Morgan fingerprint density at radius 3 is 2.74 bits per heavy atom. The summed E-state index contributed by atoms with van der Waals surface area (Å²) in [6.07, 6.45) is 5.65. The van der Waals surface area contributed by atoms with Gasteiger partial charge in [0, 0.05) is 23.5 Å². The number of esters is 1. The first-order valence-electron chi connectivity index (χ1n) is 9.89. The number of aryl methyl sites for hydroxylation is 1. The standard InChI is InChI=1S/C22H22FN5O3/c1-12-10-18(14(11-15(12)23)22(30)31-2)25-21(29)17-8-9-20(27-26-17)28-13-4-3-5-19(28)16(24)7-6-13/h6,8-11H,3-5,7,24H2,1-2H3,(H,25,29). The van der Waals surface area contributed by atoms with Gasteiger partial charge < -0.3 is 15.8 Å². The number of carbonyl (C=O) groups excluding carboxylic acids is 2. The molecule has 0 spiro atoms. The van der Waals surface area contributed by atoms with Gasteiger partial charge in [-0.1, -0.05) is 6.08 Å². The van der Waals surface area contributed by atoms with Crippen LogP contribution in [0, 0.1) is 12.7 Å². The molecule has 2 aromatic rings. The Hall–Kier alpha value is -3.75. The van der Waals surface area contributed by atoms with Gasteiger partial charge in [-0.2, -0.15) is 0 Å². The van der Waals surface area contributed by atoms with Crippen LogP contribution in [-0.2, 0) is 4.74 Å². The first kappa shape index (κ1) is 20.5. The molecule has 9 heteroatoms. The fourth-order valence-electron chi connectivity index (χ4n) is 3.78. The Balaban J connectivity index is 1.58. The Labute approximate surface area is 178 Å². The van der Waals surface area contributed by atoms with Gasteiger partial charge in [-0.3, -0.25) is 9.69 Å². The third-order valence-corrected chi connectivity index (χ3v) is 5.40. The second kappa shape index (κ2) is 8.17. The van der Waals surface area contributed by atoms with Gasteiger partial charge in [0.1, 0.15) is 5.82 Å². The molecule has 31 heavy (non-hydrogen) atoms. The van der Waals surface area contributed by atoms with E-state index < -0.39 is 17.7 Å². The molecule has 1 amide bonds. The summed E-state index contributed by atoms with van der Waals surface area (Å²) in [6.45, 7) is 1.53. The number of carbonyl (C=O) groups is 2. The van der Waals surface area contributed by atoms with E-state index in [9.17, 15) is 14.0 Å². The Bertz CT molecular complexity index is 1120. The number of piperidine rings is 1. The van der Waals surface area contributed by atoms with Crippen molar-refractivity contribution in [2.75, 3.05) is 17.3 Å². The summed E-state index contributed by atoms with van der Waals surface area (Å²) >= 11 is 0. The summed E-state index contributed by atoms with van der Waals surface area (Å²) in [5.41, 5.74) is 9.52. The minimum atomic E-state index is -0.758. The predicted molar refractivity (Wildman–Crippen MR) is 113 cm³/mol. The third-order valence-electron chi connectivity index (χ3n) is 5.40. The number of rotatable bonds is 4. The van der Waals surface area contributed by atoms with Crippen LogP contribution < -0.4 is 16.0 Å². The molecular formula is C22H22FN5O3. The number of ether oxygens (including phenoxy) is 1. The lowest BCUT2D eigenvalue weighted by Gasteiger charge is -2.36. The third kappa shape index (κ3) is 3.86. The van der Waals surface area contributed by atoms with E-state index in [-0.39, 0.29) is 22.5 Å². The average molecular weight is 423 g/mol. The normalized spacial score (nSPS) is 15.5. The number of hydrogen-bond donors (Lipinski definition) is 2. The fraction of sp³-hybridized carbons (Fsp3) is 0.273. The summed E-state index contributed by atoms with van der Waals surface area (Å²) < 4.78 is 18.6. The number of methoxy groups -OCH3 is 1. The monoisotopic (exact) mass is 423 g/mol. The van der Waals surface area contributed by atoms with Crippen LogP contribution in [-0.4, -0.2) is 29.2 Å². The number of benzene rings is 1. The van der Waals surface area contributed by atoms with E-state index in [4.69, 9.17) is 5.73 Å². The molecule has 0 unspecified atom stereocenters. The smallest absolute Gasteiger partial charge is 0.340 e. The van der Waals surface area contributed by atoms with Crippen molar-refractivity contribution in [3.8, 4) is 0 Å². The van der Waals surface area contributed by atoms with Crippen LogP contribution in [0.4, 0.5) is 15.9 Å².